The van der Waals surface area contributed by atoms with Crippen LogP contribution in [0.2, 0.25) is 0 Å². The van der Waals surface area contributed by atoms with Gasteiger partial charge in [0.2, 0.25) is 5.78 Å². The second-order valence-electron chi connectivity index (χ2n) is 5.76. The molecule has 1 atom stereocenters. The Morgan fingerprint density at radius 1 is 0.960 bits per heavy atom. The highest BCUT2D eigenvalue weighted by molar-refractivity contribution is 7.90. The van der Waals surface area contributed by atoms with Gasteiger partial charge in [0, 0.05) is 11.8 Å². The SMILES string of the molecule is CCc1ccc(C(=O)[C@@H](C)OC(=O)c2ccc(S(C)(=O)=O)cc2)cc1. The first-order chi connectivity index (χ1) is 11.7. The van der Waals surface area contributed by atoms with Crippen molar-refractivity contribution in [1.29, 1.82) is 0 Å². The van der Waals surface area contributed by atoms with Crippen LogP contribution in [0.5, 0.6) is 0 Å². The van der Waals surface area contributed by atoms with Crippen LogP contribution in [-0.2, 0) is 21.0 Å². The highest BCUT2D eigenvalue weighted by Crippen LogP contribution is 2.14. The summed E-state index contributed by atoms with van der Waals surface area (Å²) in [6.07, 6.45) is 1.03. The van der Waals surface area contributed by atoms with Crippen molar-refractivity contribution < 1.29 is 22.7 Å². The molecule has 0 heterocycles. The van der Waals surface area contributed by atoms with Gasteiger partial charge in [0.1, 0.15) is 0 Å². The normalized spacial score (nSPS) is 12.4. The largest absolute Gasteiger partial charge is 0.451 e. The van der Waals surface area contributed by atoms with Crippen LogP contribution in [0.3, 0.4) is 0 Å². The van der Waals surface area contributed by atoms with E-state index in [1.54, 1.807) is 12.1 Å². The van der Waals surface area contributed by atoms with E-state index in [4.69, 9.17) is 4.74 Å². The predicted octanol–water partition coefficient (Wildman–Crippen LogP) is 3.08. The molecule has 0 aromatic heterocycles. The summed E-state index contributed by atoms with van der Waals surface area (Å²) in [6, 6.07) is 12.6. The smallest absolute Gasteiger partial charge is 0.338 e. The molecule has 0 unspecified atom stereocenters. The van der Waals surface area contributed by atoms with Gasteiger partial charge in [-0.05, 0) is 43.2 Å². The van der Waals surface area contributed by atoms with E-state index in [0.717, 1.165) is 18.2 Å². The molecule has 5 nitrogen and oxygen atoms in total. The van der Waals surface area contributed by atoms with Gasteiger partial charge in [-0.1, -0.05) is 31.2 Å². The minimum Gasteiger partial charge on any atom is -0.451 e. The van der Waals surface area contributed by atoms with E-state index in [1.165, 1.54) is 31.2 Å². The third-order valence-electron chi connectivity index (χ3n) is 3.82. The van der Waals surface area contributed by atoms with Crippen LogP contribution >= 0.6 is 0 Å². The molecule has 0 aliphatic carbocycles. The second kappa shape index (κ2) is 7.61. The summed E-state index contributed by atoms with van der Waals surface area (Å²) in [5, 5.41) is 0. The lowest BCUT2D eigenvalue weighted by atomic mass is 10.0. The number of aryl methyl sites for hydroxylation is 1. The number of rotatable bonds is 6. The highest BCUT2D eigenvalue weighted by atomic mass is 32.2. The zero-order valence-corrected chi connectivity index (χ0v) is 15.2. The Morgan fingerprint density at radius 2 is 1.48 bits per heavy atom. The van der Waals surface area contributed by atoms with Gasteiger partial charge in [0.25, 0.3) is 0 Å². The number of sulfone groups is 1. The second-order valence-corrected chi connectivity index (χ2v) is 7.77. The number of ketones is 1. The summed E-state index contributed by atoms with van der Waals surface area (Å²) in [5.41, 5.74) is 1.78. The molecule has 0 radical (unpaired) electrons. The maximum Gasteiger partial charge on any atom is 0.338 e. The number of hydrogen-bond acceptors (Lipinski definition) is 5. The summed E-state index contributed by atoms with van der Waals surface area (Å²) in [7, 11) is -3.33. The van der Waals surface area contributed by atoms with Crippen molar-refractivity contribution in [2.24, 2.45) is 0 Å². The minimum absolute atomic E-state index is 0.115. The lowest BCUT2D eigenvalue weighted by Gasteiger charge is -2.13. The highest BCUT2D eigenvalue weighted by Gasteiger charge is 2.20. The molecule has 0 saturated heterocycles. The zero-order chi connectivity index (χ0) is 18.6. The number of Topliss-reactive ketones (excluding diaryl/α,β-unsaturated/α-hetero) is 1. The Balaban J connectivity index is 2.07. The fourth-order valence-corrected chi connectivity index (χ4v) is 2.89. The Morgan fingerprint density at radius 3 is 1.96 bits per heavy atom. The van der Waals surface area contributed by atoms with Crippen molar-refractivity contribution in [3.63, 3.8) is 0 Å². The van der Waals surface area contributed by atoms with E-state index >= 15 is 0 Å². The summed E-state index contributed by atoms with van der Waals surface area (Å²) in [4.78, 5) is 24.6. The molecule has 25 heavy (non-hydrogen) atoms. The van der Waals surface area contributed by atoms with E-state index in [2.05, 4.69) is 0 Å². The molecule has 0 fully saturated rings. The molecular formula is C19H20O5S. The van der Waals surface area contributed by atoms with Crippen LogP contribution in [0.1, 0.15) is 40.1 Å². The molecule has 0 saturated carbocycles. The molecule has 132 valence electrons. The Bertz CT molecular complexity index is 865. The van der Waals surface area contributed by atoms with Crippen LogP contribution in [0.4, 0.5) is 0 Å². The summed E-state index contributed by atoms with van der Waals surface area (Å²) in [6.45, 7) is 3.54. The molecule has 2 aromatic carbocycles. The maximum absolute atomic E-state index is 12.3. The lowest BCUT2D eigenvalue weighted by Crippen LogP contribution is -2.24. The maximum atomic E-state index is 12.3. The van der Waals surface area contributed by atoms with Crippen molar-refractivity contribution in [3.05, 3.63) is 65.2 Å². The average Bonchev–Trinajstić information content (AvgIpc) is 2.60. The van der Waals surface area contributed by atoms with E-state index in [9.17, 15) is 18.0 Å². The summed E-state index contributed by atoms with van der Waals surface area (Å²) < 4.78 is 28.0. The van der Waals surface area contributed by atoms with Gasteiger partial charge in [0.05, 0.1) is 10.5 Å². The van der Waals surface area contributed by atoms with Gasteiger partial charge in [-0.3, -0.25) is 4.79 Å². The predicted molar refractivity (Wildman–Crippen MR) is 94.6 cm³/mol. The molecule has 2 aromatic rings. The van der Waals surface area contributed by atoms with Crippen molar-refractivity contribution in [3.8, 4) is 0 Å². The molecule has 0 bridgehead atoms. The minimum atomic E-state index is -3.33. The molecule has 0 amide bonds. The van der Waals surface area contributed by atoms with Crippen molar-refractivity contribution in [2.45, 2.75) is 31.3 Å². The van der Waals surface area contributed by atoms with E-state index in [0.29, 0.717) is 5.56 Å². The number of benzene rings is 2. The first-order valence-corrected chi connectivity index (χ1v) is 9.75. The van der Waals surface area contributed by atoms with Crippen LogP contribution in [0.25, 0.3) is 0 Å². The van der Waals surface area contributed by atoms with Gasteiger partial charge < -0.3 is 4.74 Å². The Hall–Kier alpha value is -2.47. The van der Waals surface area contributed by atoms with Crippen LogP contribution < -0.4 is 0 Å². The number of carbonyl (C=O) groups excluding carboxylic acids is 2. The van der Waals surface area contributed by atoms with E-state index < -0.39 is 21.9 Å². The number of ether oxygens (including phenoxy) is 1. The fraction of sp³-hybridized carbons (Fsp3) is 0.263. The topological polar surface area (TPSA) is 77.5 Å². The third-order valence-corrected chi connectivity index (χ3v) is 4.95. The first kappa shape index (κ1) is 18.9. The van der Waals surface area contributed by atoms with Gasteiger partial charge in [-0.2, -0.15) is 0 Å². The fourth-order valence-electron chi connectivity index (χ4n) is 2.26. The van der Waals surface area contributed by atoms with Gasteiger partial charge in [0.15, 0.2) is 15.9 Å². The van der Waals surface area contributed by atoms with Gasteiger partial charge in [-0.15, -0.1) is 0 Å². The van der Waals surface area contributed by atoms with Crippen LogP contribution in [0, 0.1) is 0 Å². The molecular weight excluding hydrogens is 340 g/mol. The molecule has 6 heteroatoms. The standard InChI is InChI=1S/C19H20O5S/c1-4-14-5-7-15(8-6-14)18(20)13(2)24-19(21)16-9-11-17(12-10-16)25(3,22)23/h5-13H,4H2,1-3H3/t13-/m1/s1. The quantitative estimate of drug-likeness (QED) is 0.584. The number of carbonyl (C=O) groups is 2. The van der Waals surface area contributed by atoms with Crippen LogP contribution in [-0.4, -0.2) is 32.5 Å². The van der Waals surface area contributed by atoms with Gasteiger partial charge >= 0.3 is 5.97 Å². The molecule has 0 aliphatic heterocycles. The van der Waals surface area contributed by atoms with Gasteiger partial charge in [-0.25, -0.2) is 13.2 Å². The molecule has 0 aliphatic rings. The molecule has 0 N–H and O–H groups in total. The lowest BCUT2D eigenvalue weighted by molar-refractivity contribution is 0.0318. The van der Waals surface area contributed by atoms with Crippen LogP contribution in [0.15, 0.2) is 53.4 Å². The van der Waals surface area contributed by atoms with Crippen molar-refractivity contribution in [2.75, 3.05) is 6.26 Å². The zero-order valence-electron chi connectivity index (χ0n) is 14.4. The van der Waals surface area contributed by atoms with E-state index in [-0.39, 0.29) is 16.2 Å². The number of esters is 1. The average molecular weight is 360 g/mol. The Labute approximate surface area is 147 Å². The molecule has 0 spiro atoms. The monoisotopic (exact) mass is 360 g/mol. The number of hydrogen-bond donors (Lipinski definition) is 0. The first-order valence-electron chi connectivity index (χ1n) is 7.86. The van der Waals surface area contributed by atoms with Crippen molar-refractivity contribution >= 4 is 21.6 Å². The Kier molecular flexibility index (Phi) is 5.74. The third kappa shape index (κ3) is 4.76. The molecule has 2 rings (SSSR count). The van der Waals surface area contributed by atoms with E-state index in [1.807, 2.05) is 19.1 Å². The summed E-state index contributed by atoms with van der Waals surface area (Å²) in [5.74, 6) is -0.963. The van der Waals surface area contributed by atoms with Crippen molar-refractivity contribution in [1.82, 2.24) is 0 Å². The summed E-state index contributed by atoms with van der Waals surface area (Å²) >= 11 is 0.